The second-order valence-corrected chi connectivity index (χ2v) is 7.36. The molecule has 0 aromatic heterocycles. The third-order valence-corrected chi connectivity index (χ3v) is 4.71. The van der Waals surface area contributed by atoms with Crippen molar-refractivity contribution < 1.29 is 19.2 Å². The molecule has 0 heterocycles. The molecular formula is C25H28N3O3+. The average Bonchev–Trinajstić information content (AvgIpc) is 2.76. The Balaban J connectivity index is 1.45. The van der Waals surface area contributed by atoms with Gasteiger partial charge in [0.05, 0.1) is 7.05 Å². The second-order valence-electron chi connectivity index (χ2n) is 7.36. The lowest BCUT2D eigenvalue weighted by Gasteiger charge is -2.15. The molecule has 3 rings (SSSR count). The van der Waals surface area contributed by atoms with Gasteiger partial charge >= 0.3 is 0 Å². The Morgan fingerprint density at radius 1 is 0.774 bits per heavy atom. The highest BCUT2D eigenvalue weighted by atomic mass is 16.5. The van der Waals surface area contributed by atoms with Crippen molar-refractivity contribution in [2.45, 2.75) is 13.3 Å². The van der Waals surface area contributed by atoms with Crippen molar-refractivity contribution in [1.82, 2.24) is 0 Å². The molecule has 2 amide bonds. The van der Waals surface area contributed by atoms with Gasteiger partial charge in [-0.1, -0.05) is 43.3 Å². The minimum Gasteiger partial charge on any atom is -0.457 e. The van der Waals surface area contributed by atoms with E-state index in [9.17, 15) is 9.59 Å². The van der Waals surface area contributed by atoms with Gasteiger partial charge in [0.2, 0.25) is 0 Å². The van der Waals surface area contributed by atoms with E-state index in [1.165, 1.54) is 0 Å². The number of para-hydroxylation sites is 2. The normalized spacial score (nSPS) is 11.4. The van der Waals surface area contributed by atoms with E-state index in [0.717, 1.165) is 28.3 Å². The van der Waals surface area contributed by atoms with Gasteiger partial charge in [0.1, 0.15) is 11.5 Å². The molecule has 3 N–H and O–H groups in total. The number of carbonyl (C=O) groups is 2. The molecule has 0 aliphatic heterocycles. The van der Waals surface area contributed by atoms with Crippen LogP contribution < -0.4 is 20.3 Å². The van der Waals surface area contributed by atoms with E-state index in [2.05, 4.69) is 10.6 Å². The van der Waals surface area contributed by atoms with Crippen LogP contribution in [0.3, 0.4) is 0 Å². The Morgan fingerprint density at radius 2 is 1.35 bits per heavy atom. The van der Waals surface area contributed by atoms with Gasteiger partial charge < -0.3 is 20.3 Å². The maximum Gasteiger partial charge on any atom is 0.279 e. The summed E-state index contributed by atoms with van der Waals surface area (Å²) in [5, 5.41) is 5.79. The van der Waals surface area contributed by atoms with Crippen LogP contribution in [0, 0.1) is 0 Å². The topological polar surface area (TPSA) is 71.9 Å². The van der Waals surface area contributed by atoms with E-state index in [1.54, 1.807) is 24.3 Å². The van der Waals surface area contributed by atoms with Crippen LogP contribution in [0.4, 0.5) is 11.4 Å². The number of ether oxygens (including phenoxy) is 1. The number of rotatable bonds is 9. The first-order chi connectivity index (χ1) is 15.0. The molecule has 0 saturated heterocycles. The molecule has 0 spiro atoms. The quantitative estimate of drug-likeness (QED) is 0.500. The Kier molecular flexibility index (Phi) is 7.79. The summed E-state index contributed by atoms with van der Waals surface area (Å²) < 4.78 is 5.75. The summed E-state index contributed by atoms with van der Waals surface area (Å²) in [7, 11) is 1.82. The molecule has 0 aliphatic rings. The number of nitrogens with one attached hydrogen (secondary N) is 3. The van der Waals surface area contributed by atoms with Crippen LogP contribution in [0.5, 0.6) is 11.5 Å². The van der Waals surface area contributed by atoms with Gasteiger partial charge in [-0.25, -0.2) is 0 Å². The fraction of sp³-hybridized carbons (Fsp3) is 0.200. The molecule has 160 valence electrons. The summed E-state index contributed by atoms with van der Waals surface area (Å²) in [6.07, 6.45) is 0.844. The van der Waals surface area contributed by atoms with Crippen LogP contribution in [0.15, 0.2) is 78.9 Å². The Bertz CT molecular complexity index is 1000. The van der Waals surface area contributed by atoms with Crippen LogP contribution in [0.1, 0.15) is 12.5 Å². The van der Waals surface area contributed by atoms with Gasteiger partial charge in [0.25, 0.3) is 11.8 Å². The van der Waals surface area contributed by atoms with Crippen LogP contribution in [0.25, 0.3) is 0 Å². The number of hydrogen-bond donors (Lipinski definition) is 3. The molecule has 1 unspecified atom stereocenters. The summed E-state index contributed by atoms with van der Waals surface area (Å²) in [5.41, 5.74) is 2.59. The lowest BCUT2D eigenvalue weighted by atomic mass is 10.1. The summed E-state index contributed by atoms with van der Waals surface area (Å²) in [6, 6.07) is 24.4. The lowest BCUT2D eigenvalue weighted by Crippen LogP contribution is -3.11. The number of aryl methyl sites for hydroxylation is 1. The van der Waals surface area contributed by atoms with Crippen LogP contribution in [0.2, 0.25) is 0 Å². The number of carbonyl (C=O) groups excluding carboxylic acids is 2. The van der Waals surface area contributed by atoms with E-state index in [-0.39, 0.29) is 24.9 Å². The van der Waals surface area contributed by atoms with E-state index in [1.807, 2.05) is 68.6 Å². The van der Waals surface area contributed by atoms with Crippen molar-refractivity contribution in [1.29, 1.82) is 0 Å². The predicted molar refractivity (Wildman–Crippen MR) is 123 cm³/mol. The first-order valence-electron chi connectivity index (χ1n) is 10.4. The van der Waals surface area contributed by atoms with Gasteiger partial charge in [-0.3, -0.25) is 9.59 Å². The zero-order chi connectivity index (χ0) is 22.1. The van der Waals surface area contributed by atoms with Crippen molar-refractivity contribution >= 4 is 23.2 Å². The van der Waals surface area contributed by atoms with Crippen LogP contribution in [-0.4, -0.2) is 32.0 Å². The van der Waals surface area contributed by atoms with Crippen molar-refractivity contribution in [3.8, 4) is 11.5 Å². The number of quaternary nitrogens is 1. The maximum atomic E-state index is 12.3. The molecule has 6 heteroatoms. The zero-order valence-electron chi connectivity index (χ0n) is 17.9. The van der Waals surface area contributed by atoms with E-state index in [0.29, 0.717) is 11.4 Å². The zero-order valence-corrected chi connectivity index (χ0v) is 17.9. The predicted octanol–water partition coefficient (Wildman–Crippen LogP) is 3.13. The Morgan fingerprint density at radius 3 is 2.03 bits per heavy atom. The van der Waals surface area contributed by atoms with Gasteiger partial charge in [0.15, 0.2) is 13.1 Å². The molecule has 0 aliphatic carbocycles. The molecule has 0 radical (unpaired) electrons. The maximum absolute atomic E-state index is 12.3. The van der Waals surface area contributed by atoms with Crippen molar-refractivity contribution in [2.75, 3.05) is 30.8 Å². The molecule has 0 bridgehead atoms. The van der Waals surface area contributed by atoms with Crippen LogP contribution in [-0.2, 0) is 16.0 Å². The first-order valence-corrected chi connectivity index (χ1v) is 10.4. The summed E-state index contributed by atoms with van der Waals surface area (Å²) in [4.78, 5) is 25.5. The molecule has 0 saturated carbocycles. The number of anilines is 2. The molecule has 3 aromatic rings. The summed E-state index contributed by atoms with van der Waals surface area (Å²) in [5.74, 6) is 1.17. The average molecular weight is 419 g/mol. The van der Waals surface area contributed by atoms with Gasteiger partial charge in [0, 0.05) is 11.4 Å². The monoisotopic (exact) mass is 418 g/mol. The first kappa shape index (κ1) is 22.1. The molecule has 0 fully saturated rings. The number of benzene rings is 3. The number of hydrogen-bond acceptors (Lipinski definition) is 3. The molecule has 6 nitrogen and oxygen atoms in total. The lowest BCUT2D eigenvalue weighted by molar-refractivity contribution is -0.862. The molecule has 31 heavy (non-hydrogen) atoms. The largest absolute Gasteiger partial charge is 0.457 e. The number of likely N-dealkylation sites (N-methyl/N-ethyl adjacent to an activating group) is 1. The Labute approximate surface area is 182 Å². The minimum absolute atomic E-state index is 0.117. The fourth-order valence-electron chi connectivity index (χ4n) is 3.19. The highest BCUT2D eigenvalue weighted by Crippen LogP contribution is 2.22. The van der Waals surface area contributed by atoms with E-state index in [4.69, 9.17) is 4.74 Å². The van der Waals surface area contributed by atoms with Gasteiger partial charge in [-0.2, -0.15) is 0 Å². The molecule has 1 atom stereocenters. The Hall–Kier alpha value is -3.64. The molecular weight excluding hydrogens is 390 g/mol. The van der Waals surface area contributed by atoms with Crippen molar-refractivity contribution in [2.24, 2.45) is 0 Å². The van der Waals surface area contributed by atoms with Crippen LogP contribution >= 0.6 is 0 Å². The molecule has 3 aromatic carbocycles. The fourth-order valence-corrected chi connectivity index (χ4v) is 3.19. The third kappa shape index (κ3) is 6.97. The van der Waals surface area contributed by atoms with E-state index >= 15 is 0 Å². The van der Waals surface area contributed by atoms with Gasteiger partial charge in [-0.15, -0.1) is 0 Å². The smallest absolute Gasteiger partial charge is 0.279 e. The van der Waals surface area contributed by atoms with Crippen molar-refractivity contribution in [3.63, 3.8) is 0 Å². The standard InChI is InChI=1S/C25H27N3O3/c1-3-19-9-7-8-12-23(19)27-25(30)18-28(2)17-24(29)26-20-13-15-22(16-14-20)31-21-10-5-4-6-11-21/h4-16H,3,17-18H2,1-2H3,(H,26,29)(H,27,30)/p+1. The second kappa shape index (κ2) is 10.9. The highest BCUT2D eigenvalue weighted by molar-refractivity contribution is 5.93. The van der Waals surface area contributed by atoms with E-state index < -0.39 is 0 Å². The van der Waals surface area contributed by atoms with Gasteiger partial charge in [-0.05, 0) is 54.4 Å². The van der Waals surface area contributed by atoms with Crippen molar-refractivity contribution in [3.05, 3.63) is 84.4 Å². The summed E-state index contributed by atoms with van der Waals surface area (Å²) in [6.45, 7) is 2.44. The summed E-state index contributed by atoms with van der Waals surface area (Å²) >= 11 is 0. The SMILES string of the molecule is CCc1ccccc1NC(=O)C[NH+](C)CC(=O)Nc1ccc(Oc2ccccc2)cc1. The highest BCUT2D eigenvalue weighted by Gasteiger charge is 2.15. The third-order valence-electron chi connectivity index (χ3n) is 4.71. The minimum atomic E-state index is -0.156. The number of amides is 2.